The highest BCUT2D eigenvalue weighted by Gasteiger charge is 2.26. The number of unbranched alkanes of at least 4 members (excludes halogenated alkanes) is 1. The first-order valence-corrected chi connectivity index (χ1v) is 17.4. The third-order valence-corrected chi connectivity index (χ3v) is 9.73. The molecule has 0 unspecified atom stereocenters. The van der Waals surface area contributed by atoms with Crippen molar-refractivity contribution in [3.8, 4) is 17.2 Å². The van der Waals surface area contributed by atoms with Gasteiger partial charge in [-0.15, -0.1) is 0 Å². The molecule has 3 aromatic carbocycles. The second kappa shape index (κ2) is 15.8. The summed E-state index contributed by atoms with van der Waals surface area (Å²) in [6, 6.07) is 26.7. The number of carbonyl (C=O) groups is 1. The fourth-order valence-electron chi connectivity index (χ4n) is 5.81. The van der Waals surface area contributed by atoms with Crippen molar-refractivity contribution in [3.63, 3.8) is 0 Å². The summed E-state index contributed by atoms with van der Waals surface area (Å²) in [6.45, 7) is 17.0. The SMILES string of the molecule is CCC(C)(C)c1ccc(OCCCCNC(=O)c2ccc(CN(Cc3ccccc3)Cc3ccc4c(c3)OCO4)o2)c(C(C)(C)CC)c1. The van der Waals surface area contributed by atoms with E-state index in [2.05, 4.69) is 88.2 Å². The average Bonchev–Trinajstić information content (AvgIpc) is 3.76. The highest BCUT2D eigenvalue weighted by molar-refractivity contribution is 5.91. The van der Waals surface area contributed by atoms with E-state index in [4.69, 9.17) is 18.6 Å². The van der Waals surface area contributed by atoms with Crippen LogP contribution in [0.2, 0.25) is 0 Å². The van der Waals surface area contributed by atoms with Crippen molar-refractivity contribution in [1.29, 1.82) is 0 Å². The zero-order valence-corrected chi connectivity index (χ0v) is 29.6. The molecule has 1 amide bonds. The highest BCUT2D eigenvalue weighted by Crippen LogP contribution is 2.38. The van der Waals surface area contributed by atoms with Crippen LogP contribution in [0, 0.1) is 0 Å². The first-order chi connectivity index (χ1) is 23.1. The summed E-state index contributed by atoms with van der Waals surface area (Å²) in [5, 5.41) is 3.02. The Hall–Kier alpha value is -4.23. The van der Waals surface area contributed by atoms with Crippen molar-refractivity contribution < 1.29 is 23.4 Å². The quantitative estimate of drug-likeness (QED) is 0.115. The molecule has 0 aliphatic carbocycles. The molecule has 1 N–H and O–H groups in total. The van der Waals surface area contributed by atoms with Gasteiger partial charge in [-0.2, -0.15) is 0 Å². The normalized spacial score (nSPS) is 12.8. The summed E-state index contributed by atoms with van der Waals surface area (Å²) in [4.78, 5) is 15.2. The number of carbonyl (C=O) groups excluding carboxylic acids is 1. The molecule has 1 aliphatic rings. The number of furan rings is 1. The number of benzene rings is 3. The van der Waals surface area contributed by atoms with Gasteiger partial charge < -0.3 is 23.9 Å². The number of hydrogen-bond acceptors (Lipinski definition) is 6. The number of nitrogens with zero attached hydrogens (tertiary/aromatic N) is 1. The van der Waals surface area contributed by atoms with Crippen LogP contribution < -0.4 is 19.5 Å². The Balaban J connectivity index is 1.12. The summed E-state index contributed by atoms with van der Waals surface area (Å²) in [5.41, 5.74) is 5.09. The van der Waals surface area contributed by atoms with Crippen LogP contribution >= 0.6 is 0 Å². The number of rotatable bonds is 17. The number of fused-ring (bicyclic) bond motifs is 1. The molecule has 0 saturated heterocycles. The van der Waals surface area contributed by atoms with E-state index in [1.165, 1.54) is 16.7 Å². The first-order valence-electron chi connectivity index (χ1n) is 17.4. The van der Waals surface area contributed by atoms with Crippen LogP contribution in [0.3, 0.4) is 0 Å². The van der Waals surface area contributed by atoms with Crippen LogP contribution in [0.25, 0.3) is 0 Å². The van der Waals surface area contributed by atoms with Crippen LogP contribution in [0.4, 0.5) is 0 Å². The Morgan fingerprint density at radius 1 is 0.792 bits per heavy atom. The first kappa shape index (κ1) is 35.1. The minimum atomic E-state index is -0.200. The fourth-order valence-corrected chi connectivity index (χ4v) is 5.81. The molecule has 0 saturated carbocycles. The van der Waals surface area contributed by atoms with Crippen molar-refractivity contribution in [2.24, 2.45) is 0 Å². The molecule has 48 heavy (non-hydrogen) atoms. The largest absolute Gasteiger partial charge is 0.493 e. The number of hydrogen-bond donors (Lipinski definition) is 1. The summed E-state index contributed by atoms with van der Waals surface area (Å²) in [5.74, 6) is 3.37. The Labute approximate surface area is 286 Å². The maximum Gasteiger partial charge on any atom is 0.286 e. The Bertz CT molecular complexity index is 1640. The maximum atomic E-state index is 12.9. The lowest BCUT2D eigenvalue weighted by molar-refractivity contribution is 0.0920. The molecule has 7 heteroatoms. The minimum Gasteiger partial charge on any atom is -0.493 e. The lowest BCUT2D eigenvalue weighted by Crippen LogP contribution is -2.24. The summed E-state index contributed by atoms with van der Waals surface area (Å²) >= 11 is 0. The minimum absolute atomic E-state index is 0.0234. The molecule has 0 spiro atoms. The summed E-state index contributed by atoms with van der Waals surface area (Å²) < 4.78 is 23.4. The molecular formula is C41H52N2O5. The smallest absolute Gasteiger partial charge is 0.286 e. The molecule has 1 aliphatic heterocycles. The number of nitrogens with one attached hydrogen (secondary N) is 1. The van der Waals surface area contributed by atoms with Crippen LogP contribution in [-0.2, 0) is 30.5 Å². The Morgan fingerprint density at radius 3 is 2.31 bits per heavy atom. The van der Waals surface area contributed by atoms with Gasteiger partial charge in [0.2, 0.25) is 6.79 Å². The second-order valence-corrected chi connectivity index (χ2v) is 14.1. The number of amides is 1. The third kappa shape index (κ3) is 9.01. The monoisotopic (exact) mass is 652 g/mol. The molecule has 7 nitrogen and oxygen atoms in total. The number of ether oxygens (including phenoxy) is 3. The highest BCUT2D eigenvalue weighted by atomic mass is 16.7. The molecule has 0 radical (unpaired) electrons. The predicted octanol–water partition coefficient (Wildman–Crippen LogP) is 9.17. The molecule has 1 aromatic heterocycles. The Kier molecular flexibility index (Phi) is 11.5. The van der Waals surface area contributed by atoms with Crippen molar-refractivity contribution in [1.82, 2.24) is 10.2 Å². The van der Waals surface area contributed by atoms with Gasteiger partial charge in [0.25, 0.3) is 5.91 Å². The van der Waals surface area contributed by atoms with Gasteiger partial charge >= 0.3 is 0 Å². The summed E-state index contributed by atoms with van der Waals surface area (Å²) in [6.07, 6.45) is 3.77. The van der Waals surface area contributed by atoms with Gasteiger partial charge in [0.1, 0.15) is 11.5 Å². The average molecular weight is 653 g/mol. The topological polar surface area (TPSA) is 73.2 Å². The lowest BCUT2D eigenvalue weighted by Gasteiger charge is -2.30. The molecule has 4 aromatic rings. The molecule has 0 fully saturated rings. The molecule has 0 atom stereocenters. The van der Waals surface area contributed by atoms with Gasteiger partial charge in [-0.3, -0.25) is 9.69 Å². The standard InChI is InChI=1S/C41H52N2O5/c1-7-40(3,4)32-17-20-35(34(25-32)41(5,6)8-2)45-23-13-12-22-42-39(44)37-21-18-33(48-37)28-43(26-30-14-10-9-11-15-30)27-31-16-19-36-38(24-31)47-29-46-36/h9-11,14-21,24-25H,7-8,12-13,22-23,26-29H2,1-6H3,(H,42,44). The maximum absolute atomic E-state index is 12.9. The van der Waals surface area contributed by atoms with E-state index in [1.807, 2.05) is 36.4 Å². The van der Waals surface area contributed by atoms with E-state index in [0.717, 1.165) is 60.8 Å². The van der Waals surface area contributed by atoms with Crippen LogP contribution in [0.15, 0.2) is 83.3 Å². The van der Waals surface area contributed by atoms with Crippen LogP contribution in [-0.4, -0.2) is 30.8 Å². The zero-order valence-electron chi connectivity index (χ0n) is 29.6. The fraction of sp³-hybridized carbons (Fsp3) is 0.439. The van der Waals surface area contributed by atoms with Gasteiger partial charge in [0.05, 0.1) is 13.2 Å². The van der Waals surface area contributed by atoms with Gasteiger partial charge in [0.15, 0.2) is 17.3 Å². The van der Waals surface area contributed by atoms with Crippen LogP contribution in [0.5, 0.6) is 17.2 Å². The van der Waals surface area contributed by atoms with Gasteiger partial charge in [-0.1, -0.05) is 90.1 Å². The predicted molar refractivity (Wildman–Crippen MR) is 191 cm³/mol. The van der Waals surface area contributed by atoms with Crippen LogP contribution in [0.1, 0.15) is 106 Å². The van der Waals surface area contributed by atoms with E-state index >= 15 is 0 Å². The van der Waals surface area contributed by atoms with Crippen molar-refractivity contribution in [3.05, 3.63) is 113 Å². The van der Waals surface area contributed by atoms with E-state index in [1.54, 1.807) is 6.07 Å². The van der Waals surface area contributed by atoms with Gasteiger partial charge in [-0.05, 0) is 83.5 Å². The molecule has 5 rings (SSSR count). The van der Waals surface area contributed by atoms with E-state index in [-0.39, 0.29) is 23.5 Å². The van der Waals surface area contributed by atoms with Crippen molar-refractivity contribution >= 4 is 5.91 Å². The van der Waals surface area contributed by atoms with E-state index < -0.39 is 0 Å². The van der Waals surface area contributed by atoms with Crippen molar-refractivity contribution in [2.45, 2.75) is 97.7 Å². The van der Waals surface area contributed by atoms with Crippen molar-refractivity contribution in [2.75, 3.05) is 19.9 Å². The third-order valence-electron chi connectivity index (χ3n) is 9.73. The van der Waals surface area contributed by atoms with E-state index in [0.29, 0.717) is 32.0 Å². The Morgan fingerprint density at radius 2 is 1.54 bits per heavy atom. The second-order valence-electron chi connectivity index (χ2n) is 14.1. The zero-order chi connectivity index (χ0) is 34.1. The van der Waals surface area contributed by atoms with Gasteiger partial charge in [0, 0.05) is 25.2 Å². The molecule has 0 bridgehead atoms. The van der Waals surface area contributed by atoms with E-state index in [9.17, 15) is 4.79 Å². The molecular weight excluding hydrogens is 600 g/mol. The van der Waals surface area contributed by atoms with Gasteiger partial charge in [-0.25, -0.2) is 0 Å². The molecule has 256 valence electrons. The molecule has 2 heterocycles. The summed E-state index contributed by atoms with van der Waals surface area (Å²) in [7, 11) is 0. The lowest BCUT2D eigenvalue weighted by atomic mass is 9.76.